The van der Waals surface area contributed by atoms with E-state index in [0.717, 1.165) is 19.3 Å². The van der Waals surface area contributed by atoms with Crippen molar-refractivity contribution in [3.05, 3.63) is 22.4 Å². The van der Waals surface area contributed by atoms with Crippen molar-refractivity contribution >= 4 is 22.9 Å². The van der Waals surface area contributed by atoms with E-state index < -0.39 is 5.92 Å². The first-order chi connectivity index (χ1) is 7.20. The lowest BCUT2D eigenvalue weighted by Crippen LogP contribution is -2.31. The third-order valence-electron chi connectivity index (χ3n) is 3.09. The van der Waals surface area contributed by atoms with E-state index in [1.54, 1.807) is 13.0 Å². The van der Waals surface area contributed by atoms with Crippen LogP contribution in [-0.4, -0.2) is 11.6 Å². The van der Waals surface area contributed by atoms with Crippen LogP contribution in [0.3, 0.4) is 0 Å². The molecule has 0 bridgehead atoms. The van der Waals surface area contributed by atoms with Gasteiger partial charge in [0.1, 0.15) is 5.78 Å². The lowest BCUT2D eigenvalue weighted by atomic mass is 9.77. The number of ketones is 2. The van der Waals surface area contributed by atoms with E-state index in [1.165, 1.54) is 11.3 Å². The average molecular weight is 222 g/mol. The molecule has 80 valence electrons. The standard InChI is InChI=1S/C12H14O2S/c1-8(11(13)9-4-2-5-9)12(14)10-6-3-7-15-10/h3,6-9H,2,4-5H2,1H3. The van der Waals surface area contributed by atoms with Crippen LogP contribution in [0.5, 0.6) is 0 Å². The van der Waals surface area contributed by atoms with Gasteiger partial charge in [-0.1, -0.05) is 12.5 Å². The van der Waals surface area contributed by atoms with Gasteiger partial charge in [0.2, 0.25) is 0 Å². The summed E-state index contributed by atoms with van der Waals surface area (Å²) in [6, 6.07) is 3.63. The van der Waals surface area contributed by atoms with Gasteiger partial charge in [-0.25, -0.2) is 0 Å². The SMILES string of the molecule is CC(C(=O)c1cccs1)C(=O)C1CCC1. The van der Waals surface area contributed by atoms with Gasteiger partial charge in [-0.3, -0.25) is 9.59 Å². The Morgan fingerprint density at radius 2 is 2.20 bits per heavy atom. The van der Waals surface area contributed by atoms with Gasteiger partial charge in [0, 0.05) is 5.92 Å². The van der Waals surface area contributed by atoms with E-state index >= 15 is 0 Å². The third kappa shape index (κ3) is 2.02. The molecular formula is C12H14O2S. The summed E-state index contributed by atoms with van der Waals surface area (Å²) in [5.41, 5.74) is 0. The molecule has 0 radical (unpaired) electrons. The minimum atomic E-state index is -0.450. The van der Waals surface area contributed by atoms with Crippen LogP contribution < -0.4 is 0 Å². The fourth-order valence-electron chi connectivity index (χ4n) is 1.81. The quantitative estimate of drug-likeness (QED) is 0.580. The zero-order valence-corrected chi connectivity index (χ0v) is 9.55. The molecule has 1 fully saturated rings. The number of rotatable bonds is 4. The molecule has 15 heavy (non-hydrogen) atoms. The van der Waals surface area contributed by atoms with Gasteiger partial charge in [-0.2, -0.15) is 0 Å². The van der Waals surface area contributed by atoms with Crippen molar-refractivity contribution < 1.29 is 9.59 Å². The van der Waals surface area contributed by atoms with Crippen molar-refractivity contribution in [1.82, 2.24) is 0 Å². The Morgan fingerprint density at radius 3 is 2.67 bits per heavy atom. The topological polar surface area (TPSA) is 34.1 Å². The molecule has 0 N–H and O–H groups in total. The molecule has 0 spiro atoms. The third-order valence-corrected chi connectivity index (χ3v) is 3.98. The lowest BCUT2D eigenvalue weighted by Gasteiger charge is -2.26. The Hall–Kier alpha value is -0.960. The van der Waals surface area contributed by atoms with Gasteiger partial charge in [0.25, 0.3) is 0 Å². The minimum absolute atomic E-state index is 0.0121. The summed E-state index contributed by atoms with van der Waals surface area (Å²) in [4.78, 5) is 24.4. The first-order valence-corrected chi connectivity index (χ1v) is 6.19. The summed E-state index contributed by atoms with van der Waals surface area (Å²) < 4.78 is 0. The molecule has 0 amide bonds. The van der Waals surface area contributed by atoms with E-state index in [1.807, 2.05) is 11.4 Å². The van der Waals surface area contributed by atoms with Crippen LogP contribution in [-0.2, 0) is 4.79 Å². The average Bonchev–Trinajstić information content (AvgIpc) is 2.65. The maximum Gasteiger partial charge on any atom is 0.182 e. The fourth-order valence-corrected chi connectivity index (χ4v) is 2.56. The normalized spacial score (nSPS) is 18.2. The summed E-state index contributed by atoms with van der Waals surface area (Å²) in [7, 11) is 0. The highest BCUT2D eigenvalue weighted by atomic mass is 32.1. The summed E-state index contributed by atoms with van der Waals surface area (Å²) >= 11 is 1.41. The largest absolute Gasteiger partial charge is 0.299 e. The molecule has 1 unspecified atom stereocenters. The molecule has 0 aliphatic heterocycles. The van der Waals surface area contributed by atoms with Crippen LogP contribution in [0.1, 0.15) is 35.9 Å². The van der Waals surface area contributed by atoms with Crippen molar-refractivity contribution in [2.75, 3.05) is 0 Å². The molecular weight excluding hydrogens is 208 g/mol. The number of Topliss-reactive ketones (excluding diaryl/α,β-unsaturated/α-hetero) is 2. The molecule has 1 aliphatic carbocycles. The van der Waals surface area contributed by atoms with Crippen molar-refractivity contribution in [2.24, 2.45) is 11.8 Å². The maximum absolute atomic E-state index is 11.9. The van der Waals surface area contributed by atoms with Crippen molar-refractivity contribution in [2.45, 2.75) is 26.2 Å². The molecule has 1 atom stereocenters. The van der Waals surface area contributed by atoms with E-state index in [2.05, 4.69) is 0 Å². The van der Waals surface area contributed by atoms with Gasteiger partial charge in [-0.05, 0) is 31.2 Å². The molecule has 2 rings (SSSR count). The fraction of sp³-hybridized carbons (Fsp3) is 0.500. The maximum atomic E-state index is 11.9. The van der Waals surface area contributed by atoms with Crippen LogP contribution in [0.25, 0.3) is 0 Å². The van der Waals surface area contributed by atoms with E-state index in [-0.39, 0.29) is 17.5 Å². The second-order valence-electron chi connectivity index (χ2n) is 4.09. The molecule has 1 aromatic rings. The lowest BCUT2D eigenvalue weighted by molar-refractivity contribution is -0.127. The molecule has 1 heterocycles. The van der Waals surface area contributed by atoms with E-state index in [0.29, 0.717) is 4.88 Å². The van der Waals surface area contributed by atoms with Crippen LogP contribution in [0, 0.1) is 11.8 Å². The van der Waals surface area contributed by atoms with Crippen molar-refractivity contribution in [3.63, 3.8) is 0 Å². The van der Waals surface area contributed by atoms with Crippen LogP contribution in [0.4, 0.5) is 0 Å². The number of carbonyl (C=O) groups is 2. The van der Waals surface area contributed by atoms with E-state index in [9.17, 15) is 9.59 Å². The first kappa shape index (κ1) is 10.6. The van der Waals surface area contributed by atoms with Gasteiger partial charge in [0.15, 0.2) is 5.78 Å². The predicted molar refractivity (Wildman–Crippen MR) is 60.2 cm³/mol. The van der Waals surface area contributed by atoms with E-state index in [4.69, 9.17) is 0 Å². The van der Waals surface area contributed by atoms with Crippen molar-refractivity contribution in [3.8, 4) is 0 Å². The summed E-state index contributed by atoms with van der Waals surface area (Å²) in [6.07, 6.45) is 3.08. The van der Waals surface area contributed by atoms with Crippen LogP contribution >= 0.6 is 11.3 Å². The molecule has 0 aromatic carbocycles. The molecule has 1 saturated carbocycles. The van der Waals surface area contributed by atoms with Crippen molar-refractivity contribution in [1.29, 1.82) is 0 Å². The Balaban J connectivity index is 2.04. The number of hydrogen-bond acceptors (Lipinski definition) is 3. The Bertz CT molecular complexity index is 363. The Morgan fingerprint density at radius 1 is 1.47 bits per heavy atom. The smallest absolute Gasteiger partial charge is 0.182 e. The highest BCUT2D eigenvalue weighted by Crippen LogP contribution is 2.30. The molecule has 0 saturated heterocycles. The van der Waals surface area contributed by atoms with Crippen LogP contribution in [0.15, 0.2) is 17.5 Å². The zero-order valence-electron chi connectivity index (χ0n) is 8.73. The van der Waals surface area contributed by atoms with Gasteiger partial charge < -0.3 is 0 Å². The summed E-state index contributed by atoms with van der Waals surface area (Å²) in [5, 5.41) is 1.87. The first-order valence-electron chi connectivity index (χ1n) is 5.31. The molecule has 1 aliphatic rings. The van der Waals surface area contributed by atoms with Gasteiger partial charge in [0.05, 0.1) is 10.8 Å². The number of carbonyl (C=O) groups excluding carboxylic acids is 2. The number of hydrogen-bond donors (Lipinski definition) is 0. The van der Waals surface area contributed by atoms with Gasteiger partial charge in [-0.15, -0.1) is 11.3 Å². The molecule has 3 heteroatoms. The molecule has 1 aromatic heterocycles. The zero-order chi connectivity index (χ0) is 10.8. The predicted octanol–water partition coefficient (Wildman–Crippen LogP) is 2.94. The highest BCUT2D eigenvalue weighted by molar-refractivity contribution is 7.12. The monoisotopic (exact) mass is 222 g/mol. The number of thiophene rings is 1. The van der Waals surface area contributed by atoms with Crippen LogP contribution in [0.2, 0.25) is 0 Å². The Labute approximate surface area is 93.3 Å². The highest BCUT2D eigenvalue weighted by Gasteiger charge is 2.32. The second kappa shape index (κ2) is 4.27. The summed E-state index contributed by atoms with van der Waals surface area (Å²) in [6.45, 7) is 1.74. The second-order valence-corrected chi connectivity index (χ2v) is 5.04. The van der Waals surface area contributed by atoms with Gasteiger partial charge >= 0.3 is 0 Å². The Kier molecular flexibility index (Phi) is 3.00. The minimum Gasteiger partial charge on any atom is -0.299 e. The summed E-state index contributed by atoms with van der Waals surface area (Å²) in [5.74, 6) is -0.167. The molecule has 2 nitrogen and oxygen atoms in total.